The van der Waals surface area contributed by atoms with E-state index in [0.717, 1.165) is 6.42 Å². The normalized spacial score (nSPS) is 16.5. The van der Waals surface area contributed by atoms with Crippen LogP contribution in [-0.2, 0) is 18.4 Å². The number of hydrogen-bond acceptors (Lipinski definition) is 5. The van der Waals surface area contributed by atoms with Crippen molar-refractivity contribution in [1.82, 2.24) is 29.9 Å². The van der Waals surface area contributed by atoms with Crippen LogP contribution in [0.4, 0.5) is 4.79 Å². The number of nitrogens with one attached hydrogen (secondary N) is 1. The highest BCUT2D eigenvalue weighted by Crippen LogP contribution is 2.03. The number of aliphatic carboxylic acids is 1. The first-order chi connectivity index (χ1) is 10.0. The number of aryl methyl sites for hydroxylation is 1. The van der Waals surface area contributed by atoms with Gasteiger partial charge in [-0.3, -0.25) is 14.4 Å². The molecule has 0 aliphatic carbocycles. The molecule has 1 saturated heterocycles. The van der Waals surface area contributed by atoms with Gasteiger partial charge in [-0.05, 0) is 6.42 Å². The molecule has 0 saturated carbocycles. The van der Waals surface area contributed by atoms with E-state index in [4.69, 9.17) is 5.11 Å². The molecule has 21 heavy (non-hydrogen) atoms. The maximum absolute atomic E-state index is 12.1. The van der Waals surface area contributed by atoms with E-state index in [1.807, 2.05) is 4.90 Å². The number of nitrogens with zero attached hydrogens (tertiary/aromatic N) is 5. The predicted octanol–water partition coefficient (Wildman–Crippen LogP) is -0.883. The van der Waals surface area contributed by atoms with E-state index in [-0.39, 0.29) is 19.1 Å². The third kappa shape index (κ3) is 4.71. The average molecular weight is 296 g/mol. The standard InChI is InChI=1S/C12H20N6O3/c1-16-9-14-10(15-16)7-13-12(21)18-4-2-3-17(5-6-18)8-11(19)20/h9H,2-8H2,1H3,(H,13,21)(H,19,20). The minimum atomic E-state index is -0.839. The third-order valence-electron chi connectivity index (χ3n) is 3.28. The lowest BCUT2D eigenvalue weighted by molar-refractivity contribution is -0.138. The van der Waals surface area contributed by atoms with Gasteiger partial charge in [-0.15, -0.1) is 0 Å². The Hall–Kier alpha value is -2.16. The van der Waals surface area contributed by atoms with Crippen LogP contribution in [0.2, 0.25) is 0 Å². The van der Waals surface area contributed by atoms with E-state index in [1.165, 1.54) is 0 Å². The molecule has 1 aromatic heterocycles. The van der Waals surface area contributed by atoms with Crippen LogP contribution in [0.5, 0.6) is 0 Å². The van der Waals surface area contributed by atoms with Crippen LogP contribution in [-0.4, -0.2) is 74.4 Å². The van der Waals surface area contributed by atoms with E-state index in [9.17, 15) is 9.59 Å². The van der Waals surface area contributed by atoms with Gasteiger partial charge >= 0.3 is 12.0 Å². The highest BCUT2D eigenvalue weighted by Gasteiger charge is 2.20. The number of carboxylic acids is 1. The molecule has 0 aromatic carbocycles. The summed E-state index contributed by atoms with van der Waals surface area (Å²) in [6.07, 6.45) is 2.35. The van der Waals surface area contributed by atoms with Crippen LogP contribution in [0.25, 0.3) is 0 Å². The molecule has 2 rings (SSSR count). The van der Waals surface area contributed by atoms with E-state index in [0.29, 0.717) is 32.0 Å². The highest BCUT2D eigenvalue weighted by molar-refractivity contribution is 5.74. The van der Waals surface area contributed by atoms with Crippen molar-refractivity contribution < 1.29 is 14.7 Å². The van der Waals surface area contributed by atoms with E-state index in [1.54, 1.807) is 23.0 Å². The second-order valence-corrected chi connectivity index (χ2v) is 5.00. The molecular formula is C12H20N6O3. The Morgan fingerprint density at radius 1 is 1.33 bits per heavy atom. The van der Waals surface area contributed by atoms with Gasteiger partial charge in [-0.25, -0.2) is 9.78 Å². The maximum atomic E-state index is 12.1. The SMILES string of the molecule is Cn1cnc(CNC(=O)N2CCCN(CC(=O)O)CC2)n1. The van der Waals surface area contributed by atoms with Crippen LogP contribution >= 0.6 is 0 Å². The number of carboxylic acid groups (broad SMARTS) is 1. The van der Waals surface area contributed by atoms with E-state index < -0.39 is 5.97 Å². The molecule has 0 atom stereocenters. The smallest absolute Gasteiger partial charge is 0.317 e. The topological polar surface area (TPSA) is 104 Å². The van der Waals surface area contributed by atoms with Gasteiger partial charge < -0.3 is 15.3 Å². The number of aromatic nitrogens is 3. The van der Waals surface area contributed by atoms with Gasteiger partial charge in [0.15, 0.2) is 5.82 Å². The lowest BCUT2D eigenvalue weighted by Gasteiger charge is -2.21. The molecule has 1 fully saturated rings. The molecule has 2 heterocycles. The Kier molecular flexibility index (Phi) is 5.09. The molecule has 9 heteroatoms. The largest absolute Gasteiger partial charge is 0.480 e. The summed E-state index contributed by atoms with van der Waals surface area (Å²) in [4.78, 5) is 30.4. The molecule has 116 valence electrons. The van der Waals surface area contributed by atoms with Gasteiger partial charge in [0, 0.05) is 33.2 Å². The van der Waals surface area contributed by atoms with Crippen molar-refractivity contribution in [3.8, 4) is 0 Å². The fraction of sp³-hybridized carbons (Fsp3) is 0.667. The Labute approximate surface area is 122 Å². The van der Waals surface area contributed by atoms with Crippen LogP contribution in [0, 0.1) is 0 Å². The van der Waals surface area contributed by atoms with Gasteiger partial charge in [0.1, 0.15) is 6.33 Å². The lowest BCUT2D eigenvalue weighted by atomic mass is 10.4. The average Bonchev–Trinajstić information content (AvgIpc) is 2.70. The first-order valence-corrected chi connectivity index (χ1v) is 6.86. The summed E-state index contributed by atoms with van der Waals surface area (Å²) in [5.74, 6) is -0.276. The molecule has 1 aromatic rings. The van der Waals surface area contributed by atoms with Crippen molar-refractivity contribution in [2.24, 2.45) is 7.05 Å². The van der Waals surface area contributed by atoms with Crippen LogP contribution in [0.15, 0.2) is 6.33 Å². The summed E-state index contributed by atoms with van der Waals surface area (Å²) in [6, 6.07) is -0.167. The van der Waals surface area contributed by atoms with Crippen molar-refractivity contribution in [1.29, 1.82) is 0 Å². The molecule has 0 bridgehead atoms. The Morgan fingerprint density at radius 3 is 2.81 bits per heavy atom. The molecular weight excluding hydrogens is 276 g/mol. The molecule has 0 unspecified atom stereocenters. The molecule has 2 N–H and O–H groups in total. The Bertz CT molecular complexity index is 503. The predicted molar refractivity (Wildman–Crippen MR) is 73.5 cm³/mol. The lowest BCUT2D eigenvalue weighted by Crippen LogP contribution is -2.42. The van der Waals surface area contributed by atoms with Gasteiger partial charge in [0.05, 0.1) is 13.1 Å². The molecule has 1 aliphatic heterocycles. The molecule has 9 nitrogen and oxygen atoms in total. The monoisotopic (exact) mass is 296 g/mol. The van der Waals surface area contributed by atoms with Crippen molar-refractivity contribution in [3.63, 3.8) is 0 Å². The molecule has 2 amide bonds. The van der Waals surface area contributed by atoms with Crippen LogP contribution in [0.1, 0.15) is 12.2 Å². The number of rotatable bonds is 4. The second kappa shape index (κ2) is 7.02. The van der Waals surface area contributed by atoms with Crippen molar-refractivity contribution >= 4 is 12.0 Å². The number of hydrogen-bond donors (Lipinski definition) is 2. The van der Waals surface area contributed by atoms with Crippen molar-refractivity contribution in [2.75, 3.05) is 32.7 Å². The number of carbonyl (C=O) groups excluding carboxylic acids is 1. The van der Waals surface area contributed by atoms with Crippen molar-refractivity contribution in [3.05, 3.63) is 12.2 Å². The minimum Gasteiger partial charge on any atom is -0.480 e. The first kappa shape index (κ1) is 15.2. The fourth-order valence-corrected chi connectivity index (χ4v) is 2.25. The van der Waals surface area contributed by atoms with Gasteiger partial charge in [0.2, 0.25) is 0 Å². The Balaban J connectivity index is 1.78. The number of urea groups is 1. The summed E-state index contributed by atoms with van der Waals surface area (Å²) in [5.41, 5.74) is 0. The Morgan fingerprint density at radius 2 is 2.14 bits per heavy atom. The zero-order chi connectivity index (χ0) is 15.2. The summed E-state index contributed by atoms with van der Waals surface area (Å²) in [6.45, 7) is 2.72. The van der Waals surface area contributed by atoms with Gasteiger partial charge in [-0.1, -0.05) is 0 Å². The van der Waals surface area contributed by atoms with Crippen LogP contribution < -0.4 is 5.32 Å². The number of amides is 2. The molecule has 0 spiro atoms. The minimum absolute atomic E-state index is 0.0211. The van der Waals surface area contributed by atoms with Crippen LogP contribution in [0.3, 0.4) is 0 Å². The summed E-state index contributed by atoms with van der Waals surface area (Å²) < 4.78 is 1.58. The summed E-state index contributed by atoms with van der Waals surface area (Å²) >= 11 is 0. The highest BCUT2D eigenvalue weighted by atomic mass is 16.4. The second-order valence-electron chi connectivity index (χ2n) is 5.00. The zero-order valence-electron chi connectivity index (χ0n) is 12.0. The quantitative estimate of drug-likeness (QED) is 0.747. The van der Waals surface area contributed by atoms with Crippen molar-refractivity contribution in [2.45, 2.75) is 13.0 Å². The summed E-state index contributed by atoms with van der Waals surface area (Å²) in [5, 5.41) is 15.7. The maximum Gasteiger partial charge on any atom is 0.317 e. The van der Waals surface area contributed by atoms with Gasteiger partial charge in [0.25, 0.3) is 0 Å². The third-order valence-corrected chi connectivity index (χ3v) is 3.28. The van der Waals surface area contributed by atoms with E-state index in [2.05, 4.69) is 15.4 Å². The van der Waals surface area contributed by atoms with E-state index >= 15 is 0 Å². The molecule has 1 aliphatic rings. The summed E-state index contributed by atoms with van der Waals surface area (Å²) in [7, 11) is 1.77. The zero-order valence-corrected chi connectivity index (χ0v) is 12.0. The fourth-order valence-electron chi connectivity index (χ4n) is 2.25. The first-order valence-electron chi connectivity index (χ1n) is 6.86. The van der Waals surface area contributed by atoms with Gasteiger partial charge in [-0.2, -0.15) is 5.10 Å². The number of carbonyl (C=O) groups is 2. The molecule has 0 radical (unpaired) electrons.